The van der Waals surface area contributed by atoms with Crippen LogP contribution in [0.15, 0.2) is 12.1 Å². The Kier molecular flexibility index (Phi) is 3.61. The Morgan fingerprint density at radius 2 is 2.05 bits per heavy atom. The Morgan fingerprint density at radius 3 is 2.71 bits per heavy atom. The van der Waals surface area contributed by atoms with Gasteiger partial charge in [0.1, 0.15) is 12.4 Å². The van der Waals surface area contributed by atoms with E-state index in [1.54, 1.807) is 0 Å². The van der Waals surface area contributed by atoms with Crippen LogP contribution in [-0.4, -0.2) is 46.3 Å². The second-order valence-corrected chi connectivity index (χ2v) is 5.87. The molecule has 6 heteroatoms. The average molecular weight is 291 g/mol. The highest BCUT2D eigenvalue weighted by atomic mass is 16.5. The van der Waals surface area contributed by atoms with Crippen LogP contribution in [0.2, 0.25) is 0 Å². The number of fused-ring (bicyclic) bond motifs is 1. The van der Waals surface area contributed by atoms with Crippen molar-refractivity contribution in [3.63, 3.8) is 0 Å². The van der Waals surface area contributed by atoms with Crippen molar-refractivity contribution in [1.29, 1.82) is 0 Å². The maximum Gasteiger partial charge on any atom is 0.407 e. The first-order chi connectivity index (χ1) is 10.1. The highest BCUT2D eigenvalue weighted by molar-refractivity contribution is 5.65. The largest absolute Gasteiger partial charge is 0.475 e. The molecule has 114 valence electrons. The average Bonchev–Trinajstić information content (AvgIpc) is 2.67. The molecule has 2 atom stereocenters. The SMILES string of the molecule is CC1CCC(C)N1c1ccc2c(n1)OCCN(C(=O)O)C2. The maximum absolute atomic E-state index is 11.1. The molecule has 3 heterocycles. The Labute approximate surface area is 124 Å². The Bertz CT molecular complexity index is 539. The minimum absolute atomic E-state index is 0.336. The van der Waals surface area contributed by atoms with Gasteiger partial charge in [0, 0.05) is 17.6 Å². The van der Waals surface area contributed by atoms with Gasteiger partial charge in [0.2, 0.25) is 5.88 Å². The van der Waals surface area contributed by atoms with Crippen molar-refractivity contribution in [3.05, 3.63) is 17.7 Å². The Morgan fingerprint density at radius 1 is 1.33 bits per heavy atom. The van der Waals surface area contributed by atoms with E-state index in [1.165, 1.54) is 17.7 Å². The van der Waals surface area contributed by atoms with E-state index in [4.69, 9.17) is 9.84 Å². The molecule has 1 aromatic rings. The molecule has 2 aliphatic heterocycles. The van der Waals surface area contributed by atoms with E-state index in [1.807, 2.05) is 12.1 Å². The van der Waals surface area contributed by atoms with Crippen LogP contribution in [0.5, 0.6) is 5.88 Å². The minimum Gasteiger partial charge on any atom is -0.475 e. The van der Waals surface area contributed by atoms with Gasteiger partial charge >= 0.3 is 6.09 Å². The zero-order chi connectivity index (χ0) is 15.0. The van der Waals surface area contributed by atoms with Crippen molar-refractivity contribution < 1.29 is 14.6 Å². The van der Waals surface area contributed by atoms with Gasteiger partial charge in [-0.3, -0.25) is 0 Å². The van der Waals surface area contributed by atoms with Crippen molar-refractivity contribution in [2.45, 2.75) is 45.3 Å². The lowest BCUT2D eigenvalue weighted by Gasteiger charge is -2.28. The zero-order valence-electron chi connectivity index (χ0n) is 12.5. The molecule has 0 aliphatic carbocycles. The third kappa shape index (κ3) is 2.62. The molecule has 3 rings (SSSR count). The van der Waals surface area contributed by atoms with Crippen molar-refractivity contribution >= 4 is 11.9 Å². The van der Waals surface area contributed by atoms with E-state index in [0.717, 1.165) is 11.4 Å². The number of hydrogen-bond acceptors (Lipinski definition) is 4. The second kappa shape index (κ2) is 5.42. The summed E-state index contributed by atoms with van der Waals surface area (Å²) in [6.45, 7) is 5.48. The molecule has 1 aromatic heterocycles. The summed E-state index contributed by atoms with van der Waals surface area (Å²) in [5.41, 5.74) is 0.832. The minimum atomic E-state index is -0.919. The first-order valence-corrected chi connectivity index (χ1v) is 7.45. The van der Waals surface area contributed by atoms with Gasteiger partial charge in [-0.1, -0.05) is 0 Å². The lowest BCUT2D eigenvalue weighted by Crippen LogP contribution is -2.33. The molecule has 1 N–H and O–H groups in total. The van der Waals surface area contributed by atoms with E-state index >= 15 is 0 Å². The van der Waals surface area contributed by atoms with Crippen LogP contribution in [0, 0.1) is 0 Å². The van der Waals surface area contributed by atoms with Gasteiger partial charge in [-0.25, -0.2) is 4.79 Å². The van der Waals surface area contributed by atoms with Gasteiger partial charge in [0.15, 0.2) is 0 Å². The number of aromatic nitrogens is 1. The van der Waals surface area contributed by atoms with Gasteiger partial charge < -0.3 is 19.6 Å². The third-order valence-corrected chi connectivity index (χ3v) is 4.37. The maximum atomic E-state index is 11.1. The van der Waals surface area contributed by atoms with E-state index < -0.39 is 6.09 Å². The van der Waals surface area contributed by atoms with Gasteiger partial charge in [-0.15, -0.1) is 0 Å². The topological polar surface area (TPSA) is 65.9 Å². The Balaban J connectivity index is 1.88. The fourth-order valence-corrected chi connectivity index (χ4v) is 3.20. The molecular formula is C15H21N3O3. The number of pyridine rings is 1. The van der Waals surface area contributed by atoms with Gasteiger partial charge in [-0.2, -0.15) is 4.98 Å². The van der Waals surface area contributed by atoms with Gasteiger partial charge in [0.05, 0.1) is 13.1 Å². The van der Waals surface area contributed by atoms with E-state index in [0.29, 0.717) is 37.7 Å². The summed E-state index contributed by atoms with van der Waals surface area (Å²) >= 11 is 0. The van der Waals surface area contributed by atoms with Crippen molar-refractivity contribution in [2.75, 3.05) is 18.1 Å². The highest BCUT2D eigenvalue weighted by Gasteiger charge is 2.29. The van der Waals surface area contributed by atoms with Crippen LogP contribution in [-0.2, 0) is 6.54 Å². The van der Waals surface area contributed by atoms with Crippen molar-refractivity contribution in [1.82, 2.24) is 9.88 Å². The van der Waals surface area contributed by atoms with Crippen LogP contribution in [0.3, 0.4) is 0 Å². The predicted molar refractivity (Wildman–Crippen MR) is 78.8 cm³/mol. The smallest absolute Gasteiger partial charge is 0.407 e. The van der Waals surface area contributed by atoms with Crippen molar-refractivity contribution in [2.24, 2.45) is 0 Å². The molecule has 0 saturated carbocycles. The fraction of sp³-hybridized carbons (Fsp3) is 0.600. The summed E-state index contributed by atoms with van der Waals surface area (Å²) in [5.74, 6) is 1.50. The molecule has 0 aromatic carbocycles. The molecule has 0 radical (unpaired) electrons. The summed E-state index contributed by atoms with van der Waals surface area (Å²) in [6.07, 6.45) is 1.43. The van der Waals surface area contributed by atoms with E-state index in [9.17, 15) is 4.79 Å². The van der Waals surface area contributed by atoms with Crippen LogP contribution in [0.4, 0.5) is 10.6 Å². The Hall–Kier alpha value is -1.98. The molecule has 2 unspecified atom stereocenters. The monoisotopic (exact) mass is 291 g/mol. The zero-order valence-corrected chi connectivity index (χ0v) is 12.5. The normalized spacial score (nSPS) is 25.2. The van der Waals surface area contributed by atoms with E-state index in [2.05, 4.69) is 23.7 Å². The summed E-state index contributed by atoms with van der Waals surface area (Å²) in [4.78, 5) is 19.4. The summed E-state index contributed by atoms with van der Waals surface area (Å²) in [5, 5.41) is 9.13. The molecule has 1 fully saturated rings. The molecule has 6 nitrogen and oxygen atoms in total. The number of ether oxygens (including phenoxy) is 1. The highest BCUT2D eigenvalue weighted by Crippen LogP contribution is 2.32. The summed E-state index contributed by atoms with van der Waals surface area (Å²) < 4.78 is 5.66. The summed E-state index contributed by atoms with van der Waals surface area (Å²) in [6, 6.07) is 4.88. The lowest BCUT2D eigenvalue weighted by molar-refractivity contribution is 0.137. The molecule has 2 aliphatic rings. The molecule has 1 saturated heterocycles. The fourth-order valence-electron chi connectivity index (χ4n) is 3.20. The van der Waals surface area contributed by atoms with Crippen LogP contribution in [0.1, 0.15) is 32.3 Å². The van der Waals surface area contributed by atoms with E-state index in [-0.39, 0.29) is 0 Å². The van der Waals surface area contributed by atoms with Crippen LogP contribution >= 0.6 is 0 Å². The number of carboxylic acid groups (broad SMARTS) is 1. The lowest BCUT2D eigenvalue weighted by atomic mass is 10.2. The van der Waals surface area contributed by atoms with Gasteiger partial charge in [-0.05, 0) is 38.8 Å². The quantitative estimate of drug-likeness (QED) is 0.860. The second-order valence-electron chi connectivity index (χ2n) is 5.87. The third-order valence-electron chi connectivity index (χ3n) is 4.37. The number of rotatable bonds is 1. The standard InChI is InChI=1S/C15H21N3O3/c1-10-3-4-11(2)18(10)13-6-5-12-9-17(15(19)20)7-8-21-14(12)16-13/h5-6,10-11H,3-4,7-9H2,1-2H3,(H,19,20). The molecule has 21 heavy (non-hydrogen) atoms. The van der Waals surface area contributed by atoms with Crippen LogP contribution in [0.25, 0.3) is 0 Å². The number of carbonyl (C=O) groups is 1. The van der Waals surface area contributed by atoms with Crippen molar-refractivity contribution in [3.8, 4) is 5.88 Å². The molecule has 0 spiro atoms. The number of hydrogen-bond donors (Lipinski definition) is 1. The first kappa shape index (κ1) is 14.0. The summed E-state index contributed by atoms with van der Waals surface area (Å²) in [7, 11) is 0. The predicted octanol–water partition coefficient (Wildman–Crippen LogP) is 2.33. The van der Waals surface area contributed by atoms with Gasteiger partial charge in [0.25, 0.3) is 0 Å². The molecule has 1 amide bonds. The molecule has 0 bridgehead atoms. The molecular weight excluding hydrogens is 270 g/mol. The number of anilines is 1. The number of amides is 1. The first-order valence-electron chi connectivity index (χ1n) is 7.45. The van der Waals surface area contributed by atoms with Crippen LogP contribution < -0.4 is 9.64 Å². The number of nitrogens with zero attached hydrogens (tertiary/aromatic N) is 3.